The molecule has 0 spiro atoms. The van der Waals surface area contributed by atoms with Gasteiger partial charge in [-0.2, -0.15) is 0 Å². The number of hydrogen-bond acceptors (Lipinski definition) is 5. The van der Waals surface area contributed by atoms with Crippen molar-refractivity contribution in [3.63, 3.8) is 0 Å². The number of ketones is 1. The van der Waals surface area contributed by atoms with Crippen LogP contribution in [0.1, 0.15) is 61.7 Å². The molecule has 6 nitrogen and oxygen atoms in total. The fourth-order valence-electron chi connectivity index (χ4n) is 7.21. The van der Waals surface area contributed by atoms with E-state index in [2.05, 4.69) is 5.32 Å². The van der Waals surface area contributed by atoms with Crippen LogP contribution in [0.4, 0.5) is 0 Å². The third kappa shape index (κ3) is 3.79. The maximum Gasteiger partial charge on any atom is 0.261 e. The molecule has 5 fully saturated rings. The quantitative estimate of drug-likeness (QED) is 0.710. The summed E-state index contributed by atoms with van der Waals surface area (Å²) in [5, 5.41) is 2.54. The van der Waals surface area contributed by atoms with Crippen LogP contribution in [-0.2, 0) is 9.59 Å². The molecule has 1 heterocycles. The number of likely N-dealkylation sites (tertiary alicyclic amines) is 1. The Bertz CT molecular complexity index is 860. The average Bonchev–Trinajstić information content (AvgIpc) is 3.21. The normalized spacial score (nSPS) is 34.0. The molecule has 5 aliphatic rings. The molecule has 4 aliphatic carbocycles. The SMILES string of the molecule is COc1ccccc1C(=O)NC(=O)[C@H]1CCCN1CC(=O)C12CC3CC(CC(C3)C1)C2. The Morgan fingerprint density at radius 1 is 1.06 bits per heavy atom. The topological polar surface area (TPSA) is 75.7 Å². The van der Waals surface area contributed by atoms with Gasteiger partial charge in [0.25, 0.3) is 5.91 Å². The van der Waals surface area contributed by atoms with Gasteiger partial charge in [0, 0.05) is 5.41 Å². The van der Waals surface area contributed by atoms with Crippen molar-refractivity contribution in [3.8, 4) is 5.75 Å². The predicted molar refractivity (Wildman–Crippen MR) is 116 cm³/mol. The second-order valence-electron chi connectivity index (χ2n) is 10.3. The van der Waals surface area contributed by atoms with Gasteiger partial charge >= 0.3 is 0 Å². The summed E-state index contributed by atoms with van der Waals surface area (Å²) in [6.07, 6.45) is 8.64. The number of carbonyl (C=O) groups is 3. The van der Waals surface area contributed by atoms with E-state index >= 15 is 0 Å². The van der Waals surface area contributed by atoms with Gasteiger partial charge in [-0.05, 0) is 87.8 Å². The highest BCUT2D eigenvalue weighted by Gasteiger charge is 2.54. The van der Waals surface area contributed by atoms with Crippen molar-refractivity contribution in [2.45, 2.75) is 57.4 Å². The molecule has 1 saturated heterocycles. The standard InChI is InChI=1S/C25H32N2O4/c1-31-21-7-3-2-5-19(21)23(29)26-24(30)20-6-4-8-27(20)15-22(28)25-12-16-9-17(13-25)11-18(10-16)14-25/h2-3,5,7,16-18,20H,4,6,8-15H2,1H3,(H,26,29,30)/t16?,17?,18?,20-,25?/m1/s1. The number of benzene rings is 1. The largest absolute Gasteiger partial charge is 0.496 e. The number of imide groups is 1. The summed E-state index contributed by atoms with van der Waals surface area (Å²) in [7, 11) is 1.50. The maximum atomic E-state index is 13.5. The summed E-state index contributed by atoms with van der Waals surface area (Å²) in [6.45, 7) is 1.08. The van der Waals surface area contributed by atoms with Crippen molar-refractivity contribution in [2.75, 3.05) is 20.2 Å². The van der Waals surface area contributed by atoms with E-state index in [9.17, 15) is 14.4 Å². The van der Waals surface area contributed by atoms with E-state index in [1.54, 1.807) is 24.3 Å². The van der Waals surface area contributed by atoms with Crippen LogP contribution in [0.15, 0.2) is 24.3 Å². The lowest BCUT2D eigenvalue weighted by Crippen LogP contribution is -2.54. The Morgan fingerprint density at radius 2 is 1.71 bits per heavy atom. The second-order valence-corrected chi connectivity index (χ2v) is 10.3. The smallest absolute Gasteiger partial charge is 0.261 e. The lowest BCUT2D eigenvalue weighted by atomic mass is 9.48. The number of nitrogens with one attached hydrogen (secondary N) is 1. The summed E-state index contributed by atoms with van der Waals surface area (Å²) in [5.74, 6) is 2.19. The van der Waals surface area contributed by atoms with Crippen LogP contribution >= 0.6 is 0 Å². The molecule has 1 aromatic carbocycles. The maximum absolute atomic E-state index is 13.5. The van der Waals surface area contributed by atoms with Gasteiger partial charge in [-0.15, -0.1) is 0 Å². The number of rotatable bonds is 6. The van der Waals surface area contributed by atoms with E-state index in [-0.39, 0.29) is 11.3 Å². The molecule has 166 valence electrons. The predicted octanol–water partition coefficient (Wildman–Crippen LogP) is 3.20. The minimum Gasteiger partial charge on any atom is -0.496 e. The number of nitrogens with zero attached hydrogens (tertiary/aromatic N) is 1. The third-order valence-electron chi connectivity index (χ3n) is 8.23. The van der Waals surface area contributed by atoms with Crippen molar-refractivity contribution in [1.29, 1.82) is 0 Å². The zero-order valence-corrected chi connectivity index (χ0v) is 18.3. The fourth-order valence-corrected chi connectivity index (χ4v) is 7.21. The molecule has 6 heteroatoms. The molecule has 1 atom stereocenters. The lowest BCUT2D eigenvalue weighted by Gasteiger charge is -2.56. The zero-order valence-electron chi connectivity index (χ0n) is 18.3. The highest BCUT2D eigenvalue weighted by atomic mass is 16.5. The first kappa shape index (κ1) is 20.7. The van der Waals surface area contributed by atoms with E-state index in [1.165, 1.54) is 26.4 Å². The Hall–Kier alpha value is -2.21. The van der Waals surface area contributed by atoms with E-state index in [0.29, 0.717) is 30.1 Å². The molecular weight excluding hydrogens is 392 g/mol. The van der Waals surface area contributed by atoms with Crippen molar-refractivity contribution in [3.05, 3.63) is 29.8 Å². The van der Waals surface area contributed by atoms with E-state index in [0.717, 1.165) is 50.0 Å². The van der Waals surface area contributed by atoms with Gasteiger partial charge in [-0.25, -0.2) is 0 Å². The van der Waals surface area contributed by atoms with Crippen molar-refractivity contribution in [1.82, 2.24) is 10.2 Å². The third-order valence-corrected chi connectivity index (χ3v) is 8.23. The van der Waals surface area contributed by atoms with Crippen molar-refractivity contribution >= 4 is 17.6 Å². The van der Waals surface area contributed by atoms with Gasteiger partial charge in [0.1, 0.15) is 5.75 Å². The van der Waals surface area contributed by atoms with Gasteiger partial charge in [0.2, 0.25) is 5.91 Å². The van der Waals surface area contributed by atoms with Crippen LogP contribution in [0.2, 0.25) is 0 Å². The first-order valence-corrected chi connectivity index (χ1v) is 11.7. The van der Waals surface area contributed by atoms with E-state index < -0.39 is 11.9 Å². The van der Waals surface area contributed by atoms with Crippen LogP contribution < -0.4 is 10.1 Å². The number of ether oxygens (including phenoxy) is 1. The molecule has 1 aliphatic heterocycles. The summed E-state index contributed by atoms with van der Waals surface area (Å²) in [6, 6.07) is 6.45. The Labute approximate surface area is 183 Å². The molecule has 1 aromatic rings. The molecule has 2 amide bonds. The second kappa shape index (κ2) is 8.05. The first-order valence-electron chi connectivity index (χ1n) is 11.7. The summed E-state index contributed by atoms with van der Waals surface area (Å²) in [4.78, 5) is 41.1. The van der Waals surface area contributed by atoms with Crippen LogP contribution in [0, 0.1) is 23.2 Å². The molecule has 0 aromatic heterocycles. The van der Waals surface area contributed by atoms with Crippen molar-refractivity contribution < 1.29 is 19.1 Å². The zero-order chi connectivity index (χ0) is 21.6. The fraction of sp³-hybridized carbons (Fsp3) is 0.640. The number of hydrogen-bond donors (Lipinski definition) is 1. The Morgan fingerprint density at radius 3 is 2.35 bits per heavy atom. The lowest BCUT2D eigenvalue weighted by molar-refractivity contribution is -0.145. The molecule has 4 saturated carbocycles. The van der Waals surface area contributed by atoms with Gasteiger partial charge in [-0.1, -0.05) is 12.1 Å². The molecular formula is C25H32N2O4. The van der Waals surface area contributed by atoms with Gasteiger partial charge < -0.3 is 4.74 Å². The van der Waals surface area contributed by atoms with Gasteiger partial charge in [-0.3, -0.25) is 24.6 Å². The van der Waals surface area contributed by atoms with Crippen LogP contribution in [0.5, 0.6) is 5.75 Å². The molecule has 0 radical (unpaired) electrons. The minimum absolute atomic E-state index is 0.147. The Balaban J connectivity index is 1.24. The van der Waals surface area contributed by atoms with Gasteiger partial charge in [0.05, 0.1) is 25.3 Å². The number of para-hydroxylation sites is 1. The van der Waals surface area contributed by atoms with Gasteiger partial charge in [0.15, 0.2) is 5.78 Å². The number of amides is 2. The van der Waals surface area contributed by atoms with E-state index in [1.807, 2.05) is 4.90 Å². The van der Waals surface area contributed by atoms with Crippen LogP contribution in [-0.4, -0.2) is 48.7 Å². The number of Topliss-reactive ketones (excluding diaryl/α,β-unsaturated/α-hetero) is 1. The molecule has 4 bridgehead atoms. The van der Waals surface area contributed by atoms with Crippen molar-refractivity contribution in [2.24, 2.45) is 23.2 Å². The molecule has 0 unspecified atom stereocenters. The summed E-state index contributed by atoms with van der Waals surface area (Å²) < 4.78 is 5.24. The van der Waals surface area contributed by atoms with Crippen LogP contribution in [0.3, 0.4) is 0 Å². The molecule has 6 rings (SSSR count). The molecule has 31 heavy (non-hydrogen) atoms. The summed E-state index contributed by atoms with van der Waals surface area (Å²) in [5.41, 5.74) is 0.193. The summed E-state index contributed by atoms with van der Waals surface area (Å²) >= 11 is 0. The highest BCUT2D eigenvalue weighted by molar-refractivity contribution is 6.07. The van der Waals surface area contributed by atoms with Crippen LogP contribution in [0.25, 0.3) is 0 Å². The number of methoxy groups -OCH3 is 1. The average molecular weight is 425 g/mol. The Kier molecular flexibility index (Phi) is 5.37. The highest BCUT2D eigenvalue weighted by Crippen LogP contribution is 2.60. The number of carbonyl (C=O) groups excluding carboxylic acids is 3. The minimum atomic E-state index is -0.457. The van der Waals surface area contributed by atoms with E-state index in [4.69, 9.17) is 4.74 Å². The molecule has 1 N–H and O–H groups in total. The first-order chi connectivity index (χ1) is 15.0. The monoisotopic (exact) mass is 424 g/mol.